The molecule has 1 aromatic heterocycles. The standard InChI is InChI=1S/C28H25N3O7S2/c1-18(17-35-2)36-23-12-20(13-24(14-23)37-21-7-9-25(10-8-21)40(3,33)34)27(32)31-28-30-16-26(39-28)38-22-6-4-5-19(11-22)15-29/h4-14,16,18H,17H2,1-3H3,(H,30,31,32)/t18-/m0/s1. The number of anilines is 1. The Morgan fingerprint density at radius 2 is 1.77 bits per heavy atom. The van der Waals surface area contributed by atoms with Gasteiger partial charge in [0, 0.05) is 25.0 Å². The van der Waals surface area contributed by atoms with E-state index in [2.05, 4.69) is 16.4 Å². The van der Waals surface area contributed by atoms with E-state index in [1.165, 1.54) is 36.5 Å². The first-order valence-corrected chi connectivity index (χ1v) is 14.6. The van der Waals surface area contributed by atoms with Crippen LogP contribution in [0.4, 0.5) is 5.13 Å². The number of benzene rings is 3. The summed E-state index contributed by atoms with van der Waals surface area (Å²) in [5, 5.41) is 12.5. The van der Waals surface area contributed by atoms with Crippen molar-refractivity contribution in [1.29, 1.82) is 5.26 Å². The van der Waals surface area contributed by atoms with Crippen LogP contribution in [0.15, 0.2) is 77.8 Å². The Bertz CT molecular complexity index is 1650. The van der Waals surface area contributed by atoms with Gasteiger partial charge in [-0.25, -0.2) is 13.4 Å². The summed E-state index contributed by atoms with van der Waals surface area (Å²) in [5.41, 5.74) is 0.700. The molecule has 0 aliphatic heterocycles. The molecule has 1 atom stereocenters. The molecule has 4 rings (SSSR count). The van der Waals surface area contributed by atoms with E-state index in [1.807, 2.05) is 6.92 Å². The van der Waals surface area contributed by atoms with E-state index in [0.717, 1.165) is 17.6 Å². The number of hydrogen-bond acceptors (Lipinski definition) is 10. The summed E-state index contributed by atoms with van der Waals surface area (Å²) >= 11 is 1.12. The molecule has 0 bridgehead atoms. The maximum Gasteiger partial charge on any atom is 0.257 e. The molecule has 12 heteroatoms. The summed E-state index contributed by atoms with van der Waals surface area (Å²) in [4.78, 5) is 17.5. The number of carbonyl (C=O) groups excluding carboxylic acids is 1. The molecule has 0 aliphatic rings. The molecule has 1 heterocycles. The Kier molecular flexibility index (Phi) is 9.00. The van der Waals surface area contributed by atoms with Gasteiger partial charge in [0.05, 0.1) is 29.3 Å². The fourth-order valence-electron chi connectivity index (χ4n) is 3.50. The van der Waals surface area contributed by atoms with Crippen molar-refractivity contribution < 1.29 is 32.2 Å². The first-order valence-electron chi connectivity index (χ1n) is 11.9. The SMILES string of the molecule is COC[C@H](C)Oc1cc(Oc2ccc(S(C)(=O)=O)cc2)cc(C(=O)Nc2ncc(Oc3cccc(C#N)c3)s2)c1. The van der Waals surface area contributed by atoms with E-state index in [9.17, 15) is 13.2 Å². The van der Waals surface area contributed by atoms with Crippen LogP contribution in [-0.4, -0.2) is 45.4 Å². The van der Waals surface area contributed by atoms with Crippen LogP contribution in [0.2, 0.25) is 0 Å². The van der Waals surface area contributed by atoms with Crippen molar-refractivity contribution in [3.8, 4) is 34.1 Å². The fourth-order valence-corrected chi connectivity index (χ4v) is 4.81. The Labute approximate surface area is 235 Å². The Morgan fingerprint density at radius 1 is 1.02 bits per heavy atom. The monoisotopic (exact) mass is 579 g/mol. The molecule has 0 fully saturated rings. The largest absolute Gasteiger partial charge is 0.488 e. The molecule has 0 aliphatic carbocycles. The average Bonchev–Trinajstić information content (AvgIpc) is 3.35. The molecular formula is C28H25N3O7S2. The van der Waals surface area contributed by atoms with Crippen molar-refractivity contribution in [2.24, 2.45) is 0 Å². The summed E-state index contributed by atoms with van der Waals surface area (Å²) in [6.07, 6.45) is 2.29. The molecular weight excluding hydrogens is 554 g/mol. The van der Waals surface area contributed by atoms with Crippen LogP contribution in [0.1, 0.15) is 22.8 Å². The van der Waals surface area contributed by atoms with Crippen LogP contribution in [0.5, 0.6) is 28.1 Å². The van der Waals surface area contributed by atoms with Crippen LogP contribution in [0.25, 0.3) is 0 Å². The van der Waals surface area contributed by atoms with Gasteiger partial charge >= 0.3 is 0 Å². The van der Waals surface area contributed by atoms with Gasteiger partial charge in [-0.3, -0.25) is 10.1 Å². The van der Waals surface area contributed by atoms with Crippen molar-refractivity contribution in [3.05, 3.63) is 84.1 Å². The highest BCUT2D eigenvalue weighted by atomic mass is 32.2. The molecule has 0 radical (unpaired) electrons. The minimum Gasteiger partial charge on any atom is -0.488 e. The molecule has 3 aromatic carbocycles. The minimum atomic E-state index is -3.35. The summed E-state index contributed by atoms with van der Waals surface area (Å²) < 4.78 is 46.2. The lowest BCUT2D eigenvalue weighted by molar-refractivity contribution is 0.0916. The van der Waals surface area contributed by atoms with E-state index in [-0.39, 0.29) is 16.6 Å². The second-order valence-corrected chi connectivity index (χ2v) is 11.6. The molecule has 0 spiro atoms. The second-order valence-electron chi connectivity index (χ2n) is 8.60. The zero-order chi connectivity index (χ0) is 28.7. The number of nitrogens with one attached hydrogen (secondary N) is 1. The van der Waals surface area contributed by atoms with Gasteiger partial charge in [0.25, 0.3) is 5.91 Å². The molecule has 4 aromatic rings. The lowest BCUT2D eigenvalue weighted by Gasteiger charge is -2.16. The topological polar surface area (TPSA) is 137 Å². The second kappa shape index (κ2) is 12.6. The highest BCUT2D eigenvalue weighted by Gasteiger charge is 2.16. The number of amides is 1. The van der Waals surface area contributed by atoms with Crippen molar-refractivity contribution >= 4 is 32.2 Å². The third-order valence-corrected chi connectivity index (χ3v) is 7.17. The molecule has 1 N–H and O–H groups in total. The minimum absolute atomic E-state index is 0.162. The number of ether oxygens (including phenoxy) is 4. The van der Waals surface area contributed by atoms with Gasteiger partial charge in [-0.1, -0.05) is 17.4 Å². The lowest BCUT2D eigenvalue weighted by atomic mass is 10.2. The van der Waals surface area contributed by atoms with Gasteiger partial charge in [0.1, 0.15) is 29.1 Å². The van der Waals surface area contributed by atoms with E-state index in [1.54, 1.807) is 43.5 Å². The van der Waals surface area contributed by atoms with Crippen molar-refractivity contribution in [2.45, 2.75) is 17.9 Å². The number of carbonyl (C=O) groups is 1. The Morgan fingerprint density at radius 3 is 2.48 bits per heavy atom. The van der Waals surface area contributed by atoms with Crippen LogP contribution in [0, 0.1) is 11.3 Å². The normalized spacial score (nSPS) is 11.8. The summed E-state index contributed by atoms with van der Waals surface area (Å²) in [5.74, 6) is 1.07. The van der Waals surface area contributed by atoms with Crippen molar-refractivity contribution in [2.75, 3.05) is 25.3 Å². The van der Waals surface area contributed by atoms with E-state index < -0.39 is 15.7 Å². The third-order valence-electron chi connectivity index (χ3n) is 5.25. The molecule has 10 nitrogen and oxygen atoms in total. The number of aromatic nitrogens is 1. The number of nitriles is 1. The first-order chi connectivity index (χ1) is 19.1. The van der Waals surface area contributed by atoms with Gasteiger partial charge in [0.2, 0.25) is 5.06 Å². The summed E-state index contributed by atoms with van der Waals surface area (Å²) in [6, 6.07) is 19.4. The van der Waals surface area contributed by atoms with Gasteiger partial charge in [-0.2, -0.15) is 5.26 Å². The fraction of sp³-hybridized carbons (Fsp3) is 0.179. The van der Waals surface area contributed by atoms with Gasteiger partial charge in [-0.05, 0) is 61.5 Å². The maximum absolute atomic E-state index is 13.2. The predicted octanol–water partition coefficient (Wildman–Crippen LogP) is 5.67. The average molecular weight is 580 g/mol. The van der Waals surface area contributed by atoms with Gasteiger partial charge in [0.15, 0.2) is 15.0 Å². The number of rotatable bonds is 11. The van der Waals surface area contributed by atoms with E-state index >= 15 is 0 Å². The van der Waals surface area contributed by atoms with Crippen LogP contribution in [0.3, 0.4) is 0 Å². The van der Waals surface area contributed by atoms with Gasteiger partial charge < -0.3 is 18.9 Å². The quantitative estimate of drug-likeness (QED) is 0.238. The van der Waals surface area contributed by atoms with Gasteiger partial charge in [-0.15, -0.1) is 0 Å². The zero-order valence-electron chi connectivity index (χ0n) is 21.8. The number of sulfone groups is 1. The van der Waals surface area contributed by atoms with Crippen molar-refractivity contribution in [3.63, 3.8) is 0 Å². The molecule has 0 saturated heterocycles. The maximum atomic E-state index is 13.2. The number of thiazole rings is 1. The third kappa shape index (κ3) is 7.79. The first kappa shape index (κ1) is 28.6. The highest BCUT2D eigenvalue weighted by Crippen LogP contribution is 2.32. The number of methoxy groups -OCH3 is 1. The Balaban J connectivity index is 1.53. The highest BCUT2D eigenvalue weighted by molar-refractivity contribution is 7.90. The summed E-state index contributed by atoms with van der Waals surface area (Å²) in [6.45, 7) is 2.16. The Hall–Kier alpha value is -4.44. The molecule has 40 heavy (non-hydrogen) atoms. The molecule has 0 saturated carbocycles. The smallest absolute Gasteiger partial charge is 0.257 e. The number of hydrogen-bond donors (Lipinski definition) is 1. The van der Waals surface area contributed by atoms with E-state index in [0.29, 0.717) is 45.4 Å². The van der Waals surface area contributed by atoms with Crippen LogP contribution < -0.4 is 19.5 Å². The predicted molar refractivity (Wildman–Crippen MR) is 149 cm³/mol. The molecule has 206 valence electrons. The van der Waals surface area contributed by atoms with E-state index in [4.69, 9.17) is 24.2 Å². The van der Waals surface area contributed by atoms with Crippen molar-refractivity contribution in [1.82, 2.24) is 4.98 Å². The zero-order valence-corrected chi connectivity index (χ0v) is 23.4. The molecule has 0 unspecified atom stereocenters. The number of nitrogens with zero attached hydrogens (tertiary/aromatic N) is 2. The summed E-state index contributed by atoms with van der Waals surface area (Å²) in [7, 11) is -1.79. The lowest BCUT2D eigenvalue weighted by Crippen LogP contribution is -2.18. The van der Waals surface area contributed by atoms with Crippen LogP contribution in [-0.2, 0) is 14.6 Å². The van der Waals surface area contributed by atoms with Crippen LogP contribution >= 0.6 is 11.3 Å². The molecule has 1 amide bonds.